The third kappa shape index (κ3) is 3.91. The highest BCUT2D eigenvalue weighted by Gasteiger charge is 2.13. The lowest BCUT2D eigenvalue weighted by atomic mass is 10.0. The van der Waals surface area contributed by atoms with Gasteiger partial charge < -0.3 is 10.3 Å². The number of rotatable bonds is 5. The molecule has 4 heteroatoms. The molecule has 2 rings (SSSR count). The van der Waals surface area contributed by atoms with Crippen molar-refractivity contribution < 1.29 is 0 Å². The van der Waals surface area contributed by atoms with Crippen molar-refractivity contribution >= 4 is 15.9 Å². The Morgan fingerprint density at radius 2 is 2.16 bits per heavy atom. The molecule has 1 unspecified atom stereocenters. The van der Waals surface area contributed by atoms with Crippen LogP contribution in [0.25, 0.3) is 0 Å². The number of nitrogens with two attached hydrogens (primary N) is 1. The highest BCUT2D eigenvalue weighted by molar-refractivity contribution is 9.10. The zero-order chi connectivity index (χ0) is 13.8. The van der Waals surface area contributed by atoms with Crippen molar-refractivity contribution in [3.8, 4) is 0 Å². The Kier molecular flexibility index (Phi) is 4.77. The molecule has 0 spiro atoms. The van der Waals surface area contributed by atoms with Crippen molar-refractivity contribution in [1.29, 1.82) is 0 Å². The lowest BCUT2D eigenvalue weighted by Gasteiger charge is -2.16. The fraction of sp³-hybridized carbons (Fsp3) is 0.400. The van der Waals surface area contributed by atoms with Crippen LogP contribution in [-0.4, -0.2) is 9.55 Å². The number of hydrogen-bond acceptors (Lipinski definition) is 2. The normalized spacial score (nSPS) is 12.9. The van der Waals surface area contributed by atoms with E-state index >= 15 is 0 Å². The molecule has 0 fully saturated rings. The monoisotopic (exact) mass is 321 g/mol. The molecule has 2 aromatic rings. The maximum absolute atomic E-state index is 6.25. The smallest absolute Gasteiger partial charge is 0.0951 e. The van der Waals surface area contributed by atoms with Crippen LogP contribution in [0.15, 0.2) is 41.3 Å². The lowest BCUT2D eigenvalue weighted by Crippen LogP contribution is -2.17. The number of aromatic nitrogens is 2. The van der Waals surface area contributed by atoms with Gasteiger partial charge >= 0.3 is 0 Å². The van der Waals surface area contributed by atoms with Crippen LogP contribution in [0, 0.1) is 5.92 Å². The molecular formula is C15H20BrN3. The summed E-state index contributed by atoms with van der Waals surface area (Å²) in [4.78, 5) is 4.24. The van der Waals surface area contributed by atoms with Crippen LogP contribution in [0.1, 0.15) is 37.6 Å². The Bertz CT molecular complexity index is 534. The first-order valence-electron chi connectivity index (χ1n) is 6.56. The molecule has 0 saturated carbocycles. The highest BCUT2D eigenvalue weighted by Crippen LogP contribution is 2.20. The standard InChI is InChI=1S/C15H20BrN3/c1-11(2)6-14(17)15-8-18-10-19(15)9-12-4-3-5-13(16)7-12/h3-5,7-8,10-11,14H,6,9,17H2,1-2H3. The molecule has 0 amide bonds. The van der Waals surface area contributed by atoms with Gasteiger partial charge in [0, 0.05) is 23.3 Å². The van der Waals surface area contributed by atoms with Crippen LogP contribution in [-0.2, 0) is 6.54 Å². The van der Waals surface area contributed by atoms with E-state index in [0.717, 1.165) is 23.1 Å². The molecule has 3 nitrogen and oxygen atoms in total. The van der Waals surface area contributed by atoms with Crippen LogP contribution in [0.4, 0.5) is 0 Å². The summed E-state index contributed by atoms with van der Waals surface area (Å²) >= 11 is 3.50. The predicted molar refractivity (Wildman–Crippen MR) is 81.9 cm³/mol. The van der Waals surface area contributed by atoms with E-state index in [1.165, 1.54) is 5.56 Å². The summed E-state index contributed by atoms with van der Waals surface area (Å²) in [7, 11) is 0. The summed E-state index contributed by atoms with van der Waals surface area (Å²) in [6.07, 6.45) is 4.71. The van der Waals surface area contributed by atoms with Gasteiger partial charge in [-0.2, -0.15) is 0 Å². The highest BCUT2D eigenvalue weighted by atomic mass is 79.9. The molecule has 1 atom stereocenters. The van der Waals surface area contributed by atoms with Gasteiger partial charge in [-0.15, -0.1) is 0 Å². The zero-order valence-electron chi connectivity index (χ0n) is 11.4. The minimum atomic E-state index is 0.0506. The van der Waals surface area contributed by atoms with E-state index < -0.39 is 0 Å². The number of halogens is 1. The van der Waals surface area contributed by atoms with Gasteiger partial charge in [-0.25, -0.2) is 4.98 Å². The van der Waals surface area contributed by atoms with Gasteiger partial charge in [0.1, 0.15) is 0 Å². The number of hydrogen-bond donors (Lipinski definition) is 1. The first-order chi connectivity index (χ1) is 9.06. The maximum atomic E-state index is 6.25. The van der Waals surface area contributed by atoms with E-state index in [1.54, 1.807) is 0 Å². The number of benzene rings is 1. The SMILES string of the molecule is CC(C)CC(N)c1cncn1Cc1cccc(Br)c1. The van der Waals surface area contributed by atoms with E-state index in [1.807, 2.05) is 24.7 Å². The van der Waals surface area contributed by atoms with Crippen LogP contribution < -0.4 is 5.73 Å². The molecule has 1 aromatic carbocycles. The first kappa shape index (κ1) is 14.3. The summed E-state index contributed by atoms with van der Waals surface area (Å²) in [5, 5.41) is 0. The minimum absolute atomic E-state index is 0.0506. The summed E-state index contributed by atoms with van der Waals surface area (Å²) in [6.45, 7) is 5.18. The number of nitrogens with zero attached hydrogens (tertiary/aromatic N) is 2. The molecular weight excluding hydrogens is 302 g/mol. The second kappa shape index (κ2) is 6.35. The quantitative estimate of drug-likeness (QED) is 0.911. The summed E-state index contributed by atoms with van der Waals surface area (Å²) in [5.74, 6) is 0.587. The average Bonchev–Trinajstić information content (AvgIpc) is 2.76. The largest absolute Gasteiger partial charge is 0.329 e. The molecule has 1 aromatic heterocycles. The Labute approximate surface area is 123 Å². The fourth-order valence-corrected chi connectivity index (χ4v) is 2.68. The van der Waals surface area contributed by atoms with Crippen molar-refractivity contribution in [3.05, 3.63) is 52.5 Å². The van der Waals surface area contributed by atoms with Crippen LogP contribution in [0.3, 0.4) is 0 Å². The second-order valence-electron chi connectivity index (χ2n) is 5.31. The van der Waals surface area contributed by atoms with Gasteiger partial charge in [-0.1, -0.05) is 41.9 Å². The first-order valence-corrected chi connectivity index (χ1v) is 7.35. The van der Waals surface area contributed by atoms with Gasteiger partial charge in [0.15, 0.2) is 0 Å². The number of imidazole rings is 1. The Hall–Kier alpha value is -1.13. The van der Waals surface area contributed by atoms with E-state index in [-0.39, 0.29) is 6.04 Å². The molecule has 102 valence electrons. The molecule has 0 radical (unpaired) electrons. The average molecular weight is 322 g/mol. The fourth-order valence-electron chi connectivity index (χ4n) is 2.23. The minimum Gasteiger partial charge on any atom is -0.329 e. The Morgan fingerprint density at radius 3 is 2.84 bits per heavy atom. The third-order valence-electron chi connectivity index (χ3n) is 3.09. The Balaban J connectivity index is 2.15. The molecule has 0 aliphatic carbocycles. The molecule has 0 bridgehead atoms. The zero-order valence-corrected chi connectivity index (χ0v) is 13.0. The lowest BCUT2D eigenvalue weighted by molar-refractivity contribution is 0.488. The van der Waals surface area contributed by atoms with E-state index in [9.17, 15) is 0 Å². The van der Waals surface area contributed by atoms with Gasteiger partial charge in [0.05, 0.1) is 12.0 Å². The van der Waals surface area contributed by atoms with Gasteiger partial charge in [0.25, 0.3) is 0 Å². The van der Waals surface area contributed by atoms with E-state index in [4.69, 9.17) is 5.73 Å². The van der Waals surface area contributed by atoms with Crippen molar-refractivity contribution in [3.63, 3.8) is 0 Å². The van der Waals surface area contributed by atoms with Gasteiger partial charge in [0.2, 0.25) is 0 Å². The van der Waals surface area contributed by atoms with Crippen molar-refractivity contribution in [1.82, 2.24) is 9.55 Å². The molecule has 2 N–H and O–H groups in total. The van der Waals surface area contributed by atoms with Crippen LogP contribution in [0.2, 0.25) is 0 Å². The maximum Gasteiger partial charge on any atom is 0.0951 e. The van der Waals surface area contributed by atoms with Crippen LogP contribution in [0.5, 0.6) is 0 Å². The molecule has 0 aliphatic heterocycles. The predicted octanol–water partition coefficient (Wildman–Crippen LogP) is 3.74. The summed E-state index contributed by atoms with van der Waals surface area (Å²) < 4.78 is 3.23. The van der Waals surface area contributed by atoms with Gasteiger partial charge in [-0.3, -0.25) is 0 Å². The van der Waals surface area contributed by atoms with E-state index in [2.05, 4.69) is 51.5 Å². The van der Waals surface area contributed by atoms with Gasteiger partial charge in [-0.05, 0) is 30.0 Å². The Morgan fingerprint density at radius 1 is 1.37 bits per heavy atom. The molecule has 0 aliphatic rings. The second-order valence-corrected chi connectivity index (χ2v) is 6.23. The molecule has 1 heterocycles. The molecule has 19 heavy (non-hydrogen) atoms. The van der Waals surface area contributed by atoms with Crippen LogP contribution >= 0.6 is 15.9 Å². The van der Waals surface area contributed by atoms with Crippen molar-refractivity contribution in [2.75, 3.05) is 0 Å². The third-order valence-corrected chi connectivity index (χ3v) is 3.58. The van der Waals surface area contributed by atoms with Crippen molar-refractivity contribution in [2.45, 2.75) is 32.9 Å². The van der Waals surface area contributed by atoms with Crippen molar-refractivity contribution in [2.24, 2.45) is 11.7 Å². The molecule has 0 saturated heterocycles. The summed E-state index contributed by atoms with van der Waals surface area (Å²) in [6, 6.07) is 8.36. The summed E-state index contributed by atoms with van der Waals surface area (Å²) in [5.41, 5.74) is 8.60. The van der Waals surface area contributed by atoms with E-state index in [0.29, 0.717) is 5.92 Å². The topological polar surface area (TPSA) is 43.8 Å².